The zero-order valence-corrected chi connectivity index (χ0v) is 12.1. The molecule has 0 aliphatic carbocycles. The average Bonchev–Trinajstić information content (AvgIpc) is 2.85. The Morgan fingerprint density at radius 3 is 2.80 bits per heavy atom. The first kappa shape index (κ1) is 14.7. The second kappa shape index (κ2) is 6.61. The van der Waals surface area contributed by atoms with Crippen molar-refractivity contribution < 1.29 is 19.0 Å². The van der Waals surface area contributed by atoms with Gasteiger partial charge in [0.1, 0.15) is 0 Å². The molecule has 1 aromatic rings. The van der Waals surface area contributed by atoms with Gasteiger partial charge in [-0.15, -0.1) is 0 Å². The normalized spacial score (nSPS) is 14.4. The molecule has 20 heavy (non-hydrogen) atoms. The van der Waals surface area contributed by atoms with E-state index in [2.05, 4.69) is 19.2 Å². The van der Waals surface area contributed by atoms with Gasteiger partial charge in [-0.2, -0.15) is 0 Å². The molecule has 0 saturated carbocycles. The van der Waals surface area contributed by atoms with Gasteiger partial charge in [-0.05, 0) is 30.5 Å². The summed E-state index contributed by atoms with van der Waals surface area (Å²) in [4.78, 5) is 12.2. The summed E-state index contributed by atoms with van der Waals surface area (Å²) in [5, 5.41) is 3.00. The van der Waals surface area contributed by atoms with Crippen LogP contribution in [-0.2, 0) is 4.74 Å². The number of ether oxygens (including phenoxy) is 3. The minimum Gasteiger partial charge on any atom is -0.454 e. The van der Waals surface area contributed by atoms with Crippen LogP contribution in [-0.4, -0.2) is 32.5 Å². The minimum atomic E-state index is -0.119. The average molecular weight is 279 g/mol. The highest BCUT2D eigenvalue weighted by Crippen LogP contribution is 2.32. The van der Waals surface area contributed by atoms with E-state index in [1.807, 2.05) is 0 Å². The minimum absolute atomic E-state index is 0.0120. The molecule has 2 rings (SSSR count). The molecule has 0 spiro atoms. The fourth-order valence-electron chi connectivity index (χ4n) is 2.25. The molecule has 0 aromatic heterocycles. The fraction of sp³-hybridized carbons (Fsp3) is 0.533. The number of nitrogens with one attached hydrogen (secondary N) is 1. The Labute approximate surface area is 119 Å². The van der Waals surface area contributed by atoms with E-state index in [1.165, 1.54) is 0 Å². The van der Waals surface area contributed by atoms with E-state index in [-0.39, 0.29) is 18.7 Å². The maximum atomic E-state index is 12.2. The van der Waals surface area contributed by atoms with Crippen molar-refractivity contribution in [2.75, 3.05) is 20.5 Å². The number of benzene rings is 1. The second-order valence-corrected chi connectivity index (χ2v) is 5.32. The van der Waals surface area contributed by atoms with Crippen molar-refractivity contribution in [3.63, 3.8) is 0 Å². The summed E-state index contributed by atoms with van der Waals surface area (Å²) in [6, 6.07) is 5.21. The number of methoxy groups -OCH3 is 1. The first-order valence-corrected chi connectivity index (χ1v) is 6.79. The molecule has 1 atom stereocenters. The third-order valence-electron chi connectivity index (χ3n) is 3.09. The molecule has 1 aliphatic rings. The van der Waals surface area contributed by atoms with Gasteiger partial charge in [0.15, 0.2) is 11.5 Å². The number of rotatable bonds is 6. The van der Waals surface area contributed by atoms with Crippen molar-refractivity contribution in [2.45, 2.75) is 26.3 Å². The SMILES string of the molecule is COCC(CC(C)C)NC(=O)c1ccc2c(c1)OCO2. The third kappa shape index (κ3) is 3.63. The van der Waals surface area contributed by atoms with Gasteiger partial charge in [0.25, 0.3) is 5.91 Å². The first-order chi connectivity index (χ1) is 9.60. The standard InChI is InChI=1S/C15H21NO4/c1-10(2)6-12(8-18-3)16-15(17)11-4-5-13-14(7-11)20-9-19-13/h4-5,7,10,12H,6,8-9H2,1-3H3,(H,16,17). The van der Waals surface area contributed by atoms with Crippen molar-refractivity contribution in [1.82, 2.24) is 5.32 Å². The molecule has 1 N–H and O–H groups in total. The summed E-state index contributed by atoms with van der Waals surface area (Å²) >= 11 is 0. The summed E-state index contributed by atoms with van der Waals surface area (Å²) in [6.07, 6.45) is 0.879. The number of carbonyl (C=O) groups excluding carboxylic acids is 1. The highest BCUT2D eigenvalue weighted by molar-refractivity contribution is 5.95. The van der Waals surface area contributed by atoms with Crippen LogP contribution in [0.3, 0.4) is 0 Å². The molecule has 0 fully saturated rings. The molecule has 110 valence electrons. The first-order valence-electron chi connectivity index (χ1n) is 6.79. The van der Waals surface area contributed by atoms with Crippen molar-refractivity contribution in [2.24, 2.45) is 5.92 Å². The summed E-state index contributed by atoms with van der Waals surface area (Å²) in [5.41, 5.74) is 0.569. The Bertz CT molecular complexity index is 473. The lowest BCUT2D eigenvalue weighted by Gasteiger charge is -2.19. The molecule has 1 unspecified atom stereocenters. The molecular weight excluding hydrogens is 258 g/mol. The van der Waals surface area contributed by atoms with Gasteiger partial charge in [-0.1, -0.05) is 13.8 Å². The lowest BCUT2D eigenvalue weighted by Crippen LogP contribution is -2.38. The van der Waals surface area contributed by atoms with Crippen LogP contribution in [0.25, 0.3) is 0 Å². The van der Waals surface area contributed by atoms with Crippen molar-refractivity contribution >= 4 is 5.91 Å². The molecule has 1 aliphatic heterocycles. The highest BCUT2D eigenvalue weighted by atomic mass is 16.7. The van der Waals surface area contributed by atoms with Gasteiger partial charge in [-0.3, -0.25) is 4.79 Å². The molecule has 0 radical (unpaired) electrons. The molecule has 5 heteroatoms. The second-order valence-electron chi connectivity index (χ2n) is 5.32. The third-order valence-corrected chi connectivity index (χ3v) is 3.09. The Hall–Kier alpha value is -1.75. The van der Waals surface area contributed by atoms with Crippen LogP contribution in [0.4, 0.5) is 0 Å². The Morgan fingerprint density at radius 1 is 1.35 bits per heavy atom. The van der Waals surface area contributed by atoms with Crippen molar-refractivity contribution in [3.8, 4) is 11.5 Å². The lowest BCUT2D eigenvalue weighted by atomic mass is 10.0. The van der Waals surface area contributed by atoms with Gasteiger partial charge in [-0.25, -0.2) is 0 Å². The van der Waals surface area contributed by atoms with Crippen LogP contribution in [0, 0.1) is 5.92 Å². The summed E-state index contributed by atoms with van der Waals surface area (Å²) in [7, 11) is 1.64. The molecule has 5 nitrogen and oxygen atoms in total. The Balaban J connectivity index is 2.02. The van der Waals surface area contributed by atoms with Gasteiger partial charge in [0, 0.05) is 12.7 Å². The summed E-state index contributed by atoms with van der Waals surface area (Å²) in [5.74, 6) is 1.67. The van der Waals surface area contributed by atoms with Crippen LogP contribution in [0.1, 0.15) is 30.6 Å². The lowest BCUT2D eigenvalue weighted by molar-refractivity contribution is 0.0884. The predicted molar refractivity (Wildman–Crippen MR) is 75.2 cm³/mol. The fourth-order valence-corrected chi connectivity index (χ4v) is 2.25. The number of amides is 1. The van der Waals surface area contributed by atoms with Crippen LogP contribution in [0.15, 0.2) is 18.2 Å². The predicted octanol–water partition coefficient (Wildman–Crippen LogP) is 2.21. The Morgan fingerprint density at radius 2 is 2.10 bits per heavy atom. The maximum absolute atomic E-state index is 12.2. The molecule has 1 aromatic carbocycles. The molecular formula is C15H21NO4. The smallest absolute Gasteiger partial charge is 0.251 e. The van der Waals surface area contributed by atoms with E-state index in [9.17, 15) is 4.79 Å². The number of fused-ring (bicyclic) bond motifs is 1. The van der Waals surface area contributed by atoms with Crippen LogP contribution < -0.4 is 14.8 Å². The van der Waals surface area contributed by atoms with E-state index in [0.717, 1.165) is 6.42 Å². The monoisotopic (exact) mass is 279 g/mol. The zero-order chi connectivity index (χ0) is 14.5. The largest absolute Gasteiger partial charge is 0.454 e. The topological polar surface area (TPSA) is 56.8 Å². The van der Waals surface area contributed by atoms with E-state index in [4.69, 9.17) is 14.2 Å². The van der Waals surface area contributed by atoms with Gasteiger partial charge < -0.3 is 19.5 Å². The van der Waals surface area contributed by atoms with E-state index >= 15 is 0 Å². The number of hydrogen-bond acceptors (Lipinski definition) is 4. The molecule has 1 heterocycles. The van der Waals surface area contributed by atoms with Gasteiger partial charge in [0.2, 0.25) is 6.79 Å². The van der Waals surface area contributed by atoms with Crippen LogP contribution in [0.2, 0.25) is 0 Å². The highest BCUT2D eigenvalue weighted by Gasteiger charge is 2.19. The maximum Gasteiger partial charge on any atom is 0.251 e. The van der Waals surface area contributed by atoms with Crippen molar-refractivity contribution in [3.05, 3.63) is 23.8 Å². The zero-order valence-electron chi connectivity index (χ0n) is 12.1. The van der Waals surface area contributed by atoms with Gasteiger partial charge in [0.05, 0.1) is 12.6 Å². The van der Waals surface area contributed by atoms with Crippen LogP contribution in [0.5, 0.6) is 11.5 Å². The van der Waals surface area contributed by atoms with E-state index < -0.39 is 0 Å². The van der Waals surface area contributed by atoms with Crippen LogP contribution >= 0.6 is 0 Å². The quantitative estimate of drug-likeness (QED) is 0.867. The Kier molecular flexibility index (Phi) is 4.84. The van der Waals surface area contributed by atoms with E-state index in [1.54, 1.807) is 25.3 Å². The van der Waals surface area contributed by atoms with Gasteiger partial charge >= 0.3 is 0 Å². The summed E-state index contributed by atoms with van der Waals surface area (Å²) < 4.78 is 15.7. The molecule has 0 saturated heterocycles. The summed E-state index contributed by atoms with van der Waals surface area (Å²) in [6.45, 7) is 4.96. The number of hydrogen-bond donors (Lipinski definition) is 1. The van der Waals surface area contributed by atoms with Crippen molar-refractivity contribution in [1.29, 1.82) is 0 Å². The number of carbonyl (C=O) groups is 1. The molecule has 1 amide bonds. The van der Waals surface area contributed by atoms with E-state index in [0.29, 0.717) is 29.6 Å². The molecule has 0 bridgehead atoms.